The van der Waals surface area contributed by atoms with E-state index in [1.807, 2.05) is 36.7 Å². The molecule has 4 nitrogen and oxygen atoms in total. The first-order chi connectivity index (χ1) is 10.1. The van der Waals surface area contributed by atoms with E-state index in [2.05, 4.69) is 21.0 Å². The Hall–Kier alpha value is -1.20. The average molecular weight is 374 g/mol. The Labute approximate surface area is 138 Å². The highest BCUT2D eigenvalue weighted by Gasteiger charge is 2.14. The first-order valence-corrected chi connectivity index (χ1v) is 8.18. The van der Waals surface area contributed by atoms with Crippen molar-refractivity contribution in [2.75, 3.05) is 7.11 Å². The van der Waals surface area contributed by atoms with Crippen LogP contribution in [-0.4, -0.2) is 16.9 Å². The van der Waals surface area contributed by atoms with Crippen LogP contribution in [0.2, 0.25) is 5.02 Å². The Morgan fingerprint density at radius 2 is 2.14 bits per heavy atom. The van der Waals surface area contributed by atoms with E-state index in [-0.39, 0.29) is 0 Å². The van der Waals surface area contributed by atoms with Crippen molar-refractivity contribution in [2.45, 2.75) is 32.3 Å². The molecule has 114 valence electrons. The van der Waals surface area contributed by atoms with Crippen LogP contribution < -0.4 is 9.47 Å². The van der Waals surface area contributed by atoms with Crippen LogP contribution in [0.3, 0.4) is 0 Å². The number of hydrogen-bond donors (Lipinski definition) is 0. The summed E-state index contributed by atoms with van der Waals surface area (Å²) in [6, 6.07) is 5.77. The zero-order valence-corrected chi connectivity index (χ0v) is 14.7. The standard InChI is InChI=1S/C15H18BrClN2O2/c1-4-19-13(15(17)10(2)18-19)9-21-14-7-12(20-3)6-5-11(14)8-16/h5-7H,4,8-9H2,1-3H3. The Bertz CT molecular complexity index is 628. The summed E-state index contributed by atoms with van der Waals surface area (Å²) in [5.41, 5.74) is 2.77. The van der Waals surface area contributed by atoms with E-state index < -0.39 is 0 Å². The molecule has 2 rings (SSSR count). The molecule has 1 aromatic carbocycles. The molecule has 0 fully saturated rings. The molecule has 1 aromatic heterocycles. The third-order valence-electron chi connectivity index (χ3n) is 3.24. The third kappa shape index (κ3) is 3.52. The van der Waals surface area contributed by atoms with Gasteiger partial charge in [0.25, 0.3) is 0 Å². The van der Waals surface area contributed by atoms with Crippen molar-refractivity contribution in [2.24, 2.45) is 0 Å². The molecule has 0 saturated heterocycles. The fourth-order valence-electron chi connectivity index (χ4n) is 2.06. The number of methoxy groups -OCH3 is 1. The molecule has 0 atom stereocenters. The van der Waals surface area contributed by atoms with Gasteiger partial charge in [0.15, 0.2) is 0 Å². The lowest BCUT2D eigenvalue weighted by molar-refractivity contribution is 0.288. The Morgan fingerprint density at radius 3 is 2.76 bits per heavy atom. The van der Waals surface area contributed by atoms with E-state index in [9.17, 15) is 0 Å². The maximum Gasteiger partial charge on any atom is 0.131 e. The van der Waals surface area contributed by atoms with E-state index in [4.69, 9.17) is 21.1 Å². The van der Waals surface area contributed by atoms with Crippen molar-refractivity contribution in [1.82, 2.24) is 9.78 Å². The van der Waals surface area contributed by atoms with Crippen molar-refractivity contribution in [3.05, 3.63) is 40.2 Å². The van der Waals surface area contributed by atoms with Gasteiger partial charge in [-0.05, 0) is 19.9 Å². The fourth-order valence-corrected chi connectivity index (χ4v) is 2.71. The van der Waals surface area contributed by atoms with Crippen molar-refractivity contribution in [3.8, 4) is 11.5 Å². The van der Waals surface area contributed by atoms with Gasteiger partial charge in [0, 0.05) is 23.5 Å². The van der Waals surface area contributed by atoms with Gasteiger partial charge >= 0.3 is 0 Å². The SMILES string of the molecule is CCn1nc(C)c(Cl)c1COc1cc(OC)ccc1CBr. The molecule has 0 unspecified atom stereocenters. The molecule has 0 spiro atoms. The van der Waals surface area contributed by atoms with Gasteiger partial charge in [0.2, 0.25) is 0 Å². The van der Waals surface area contributed by atoms with Gasteiger partial charge < -0.3 is 9.47 Å². The normalized spacial score (nSPS) is 10.7. The minimum Gasteiger partial charge on any atom is -0.497 e. The van der Waals surface area contributed by atoms with E-state index in [0.717, 1.165) is 35.0 Å². The molecule has 0 saturated carbocycles. The van der Waals surface area contributed by atoms with Gasteiger partial charge in [-0.3, -0.25) is 4.68 Å². The predicted octanol–water partition coefficient (Wildman–Crippen LogP) is 4.35. The molecule has 0 N–H and O–H groups in total. The first-order valence-electron chi connectivity index (χ1n) is 6.68. The molecular weight excluding hydrogens is 356 g/mol. The molecule has 0 bridgehead atoms. The van der Waals surface area contributed by atoms with Crippen molar-refractivity contribution < 1.29 is 9.47 Å². The van der Waals surface area contributed by atoms with E-state index in [0.29, 0.717) is 17.0 Å². The highest BCUT2D eigenvalue weighted by Crippen LogP contribution is 2.28. The maximum atomic E-state index is 6.29. The lowest BCUT2D eigenvalue weighted by Gasteiger charge is -2.12. The quantitative estimate of drug-likeness (QED) is 0.706. The summed E-state index contributed by atoms with van der Waals surface area (Å²) in [5, 5.41) is 5.77. The molecule has 0 amide bonds. The van der Waals surface area contributed by atoms with Crippen molar-refractivity contribution in [3.63, 3.8) is 0 Å². The lowest BCUT2D eigenvalue weighted by Crippen LogP contribution is -2.07. The Morgan fingerprint density at radius 1 is 1.38 bits per heavy atom. The summed E-state index contributed by atoms with van der Waals surface area (Å²) >= 11 is 9.76. The third-order valence-corrected chi connectivity index (χ3v) is 4.33. The van der Waals surface area contributed by atoms with Crippen LogP contribution >= 0.6 is 27.5 Å². The highest BCUT2D eigenvalue weighted by molar-refractivity contribution is 9.08. The van der Waals surface area contributed by atoms with Crippen LogP contribution in [0.25, 0.3) is 0 Å². The minimum atomic E-state index is 0.376. The van der Waals surface area contributed by atoms with Crippen LogP contribution in [0.4, 0.5) is 0 Å². The van der Waals surface area contributed by atoms with Crippen LogP contribution in [0.15, 0.2) is 18.2 Å². The number of ether oxygens (including phenoxy) is 2. The summed E-state index contributed by atoms with van der Waals surface area (Å²) < 4.78 is 13.0. The lowest BCUT2D eigenvalue weighted by atomic mass is 10.2. The number of aryl methyl sites for hydroxylation is 2. The molecule has 6 heteroatoms. The van der Waals surface area contributed by atoms with Gasteiger partial charge in [-0.1, -0.05) is 33.6 Å². The zero-order chi connectivity index (χ0) is 15.4. The highest BCUT2D eigenvalue weighted by atomic mass is 79.9. The van der Waals surface area contributed by atoms with E-state index >= 15 is 0 Å². The molecule has 0 radical (unpaired) electrons. The second kappa shape index (κ2) is 7.18. The van der Waals surface area contributed by atoms with Gasteiger partial charge in [0.05, 0.1) is 23.5 Å². The number of alkyl halides is 1. The summed E-state index contributed by atoms with van der Waals surface area (Å²) in [4.78, 5) is 0. The van der Waals surface area contributed by atoms with Crippen LogP contribution in [0, 0.1) is 6.92 Å². The van der Waals surface area contributed by atoms with Crippen LogP contribution in [0.1, 0.15) is 23.9 Å². The molecule has 0 aliphatic heterocycles. The number of benzene rings is 1. The predicted molar refractivity (Wildman–Crippen MR) is 87.6 cm³/mol. The average Bonchev–Trinajstić information content (AvgIpc) is 2.79. The van der Waals surface area contributed by atoms with E-state index in [1.165, 1.54) is 0 Å². The van der Waals surface area contributed by atoms with Gasteiger partial charge in [0.1, 0.15) is 18.1 Å². The largest absolute Gasteiger partial charge is 0.497 e. The molecule has 1 heterocycles. The van der Waals surface area contributed by atoms with Gasteiger partial charge in [-0.2, -0.15) is 5.10 Å². The number of halogens is 2. The second-order valence-electron chi connectivity index (χ2n) is 4.56. The molecular formula is C15H18BrClN2O2. The fraction of sp³-hybridized carbons (Fsp3) is 0.400. The molecule has 0 aliphatic rings. The summed E-state index contributed by atoms with van der Waals surface area (Å²) in [5.74, 6) is 1.55. The number of aromatic nitrogens is 2. The van der Waals surface area contributed by atoms with Crippen molar-refractivity contribution >= 4 is 27.5 Å². The van der Waals surface area contributed by atoms with Crippen LogP contribution in [0.5, 0.6) is 11.5 Å². The van der Waals surface area contributed by atoms with Crippen LogP contribution in [-0.2, 0) is 18.5 Å². The maximum absolute atomic E-state index is 6.29. The molecule has 0 aliphatic carbocycles. The Balaban J connectivity index is 2.23. The second-order valence-corrected chi connectivity index (χ2v) is 5.50. The number of nitrogens with zero attached hydrogens (tertiary/aromatic N) is 2. The molecule has 21 heavy (non-hydrogen) atoms. The van der Waals surface area contributed by atoms with Gasteiger partial charge in [-0.25, -0.2) is 0 Å². The zero-order valence-electron chi connectivity index (χ0n) is 12.3. The van der Waals surface area contributed by atoms with Crippen molar-refractivity contribution in [1.29, 1.82) is 0 Å². The molecule has 2 aromatic rings. The minimum absolute atomic E-state index is 0.376. The monoisotopic (exact) mass is 372 g/mol. The van der Waals surface area contributed by atoms with Gasteiger partial charge in [-0.15, -0.1) is 0 Å². The number of hydrogen-bond acceptors (Lipinski definition) is 3. The summed E-state index contributed by atoms with van der Waals surface area (Å²) in [6.07, 6.45) is 0. The number of rotatable bonds is 6. The summed E-state index contributed by atoms with van der Waals surface area (Å²) in [6.45, 7) is 5.06. The Kier molecular flexibility index (Phi) is 5.53. The van der Waals surface area contributed by atoms with E-state index in [1.54, 1.807) is 7.11 Å². The first kappa shape index (κ1) is 16.2. The summed E-state index contributed by atoms with van der Waals surface area (Å²) in [7, 11) is 1.64. The smallest absolute Gasteiger partial charge is 0.131 e. The topological polar surface area (TPSA) is 36.3 Å².